The van der Waals surface area contributed by atoms with Crippen molar-refractivity contribution in [2.45, 2.75) is 33.1 Å². The van der Waals surface area contributed by atoms with Crippen LogP contribution in [0, 0.1) is 20.8 Å². The van der Waals surface area contributed by atoms with Gasteiger partial charge in [0.2, 0.25) is 0 Å². The van der Waals surface area contributed by atoms with Gasteiger partial charge in [-0.25, -0.2) is 0 Å². The van der Waals surface area contributed by atoms with Crippen molar-refractivity contribution in [2.24, 2.45) is 5.73 Å². The average molecular weight is 221 g/mol. The molecule has 3 nitrogen and oxygen atoms in total. The summed E-state index contributed by atoms with van der Waals surface area (Å²) < 4.78 is 0. The van der Waals surface area contributed by atoms with Crippen molar-refractivity contribution in [3.05, 3.63) is 34.4 Å². The lowest BCUT2D eigenvalue weighted by atomic mass is 9.87. The van der Waals surface area contributed by atoms with E-state index in [2.05, 4.69) is 12.1 Å². The summed E-state index contributed by atoms with van der Waals surface area (Å²) in [6, 6.07) is 4.15. The van der Waals surface area contributed by atoms with E-state index in [1.54, 1.807) is 0 Å². The van der Waals surface area contributed by atoms with Gasteiger partial charge in [-0.05, 0) is 44.0 Å². The second-order valence-corrected chi connectivity index (χ2v) is 4.34. The van der Waals surface area contributed by atoms with Gasteiger partial charge in [-0.2, -0.15) is 0 Å². The Bertz CT molecular complexity index is 376. The first kappa shape index (κ1) is 12.7. The second kappa shape index (κ2) is 5.12. The first-order valence-electron chi connectivity index (χ1n) is 5.45. The van der Waals surface area contributed by atoms with E-state index in [1.807, 2.05) is 20.8 Å². The van der Waals surface area contributed by atoms with Gasteiger partial charge >= 0.3 is 5.97 Å². The van der Waals surface area contributed by atoms with Crippen LogP contribution in [0.5, 0.6) is 0 Å². The molecule has 1 unspecified atom stereocenters. The summed E-state index contributed by atoms with van der Waals surface area (Å²) in [6.45, 7) is 6.44. The van der Waals surface area contributed by atoms with Crippen molar-refractivity contribution in [2.75, 3.05) is 6.54 Å². The molecule has 0 saturated carbocycles. The third-order valence-electron chi connectivity index (χ3n) is 2.85. The lowest BCUT2D eigenvalue weighted by Gasteiger charge is -2.19. The van der Waals surface area contributed by atoms with Gasteiger partial charge in [0.05, 0.1) is 6.42 Å². The van der Waals surface area contributed by atoms with E-state index >= 15 is 0 Å². The number of carboxylic acid groups (broad SMARTS) is 1. The Kier molecular flexibility index (Phi) is 4.07. The monoisotopic (exact) mass is 221 g/mol. The third-order valence-corrected chi connectivity index (χ3v) is 2.85. The zero-order valence-electron chi connectivity index (χ0n) is 10.1. The van der Waals surface area contributed by atoms with E-state index in [-0.39, 0.29) is 12.3 Å². The number of nitrogens with two attached hydrogens (primary N) is 1. The number of benzene rings is 1. The van der Waals surface area contributed by atoms with E-state index < -0.39 is 5.97 Å². The summed E-state index contributed by atoms with van der Waals surface area (Å²) in [5, 5.41) is 8.86. The first-order valence-corrected chi connectivity index (χ1v) is 5.45. The summed E-state index contributed by atoms with van der Waals surface area (Å²) in [5.74, 6) is -0.882. The average Bonchev–Trinajstić information content (AvgIpc) is 2.13. The third kappa shape index (κ3) is 2.83. The fourth-order valence-electron chi connectivity index (χ4n) is 2.35. The molecule has 3 N–H and O–H groups in total. The second-order valence-electron chi connectivity index (χ2n) is 4.34. The summed E-state index contributed by atoms with van der Waals surface area (Å²) >= 11 is 0. The van der Waals surface area contributed by atoms with E-state index in [9.17, 15) is 4.79 Å². The molecule has 0 aliphatic carbocycles. The predicted octanol–water partition coefficient (Wildman–Crippen LogP) is 2.13. The fraction of sp³-hybridized carbons (Fsp3) is 0.462. The number of aliphatic carboxylic acids is 1. The summed E-state index contributed by atoms with van der Waals surface area (Å²) in [5.41, 5.74) is 10.2. The number of carbonyl (C=O) groups is 1. The molecule has 0 saturated heterocycles. The van der Waals surface area contributed by atoms with Crippen molar-refractivity contribution >= 4 is 5.97 Å². The Morgan fingerprint density at radius 2 is 1.81 bits per heavy atom. The molecule has 0 aromatic heterocycles. The van der Waals surface area contributed by atoms with Crippen LogP contribution in [0.3, 0.4) is 0 Å². The van der Waals surface area contributed by atoms with Crippen molar-refractivity contribution in [1.82, 2.24) is 0 Å². The maximum Gasteiger partial charge on any atom is 0.304 e. The molecule has 0 heterocycles. The molecule has 0 radical (unpaired) electrons. The van der Waals surface area contributed by atoms with Crippen LogP contribution in [0.25, 0.3) is 0 Å². The van der Waals surface area contributed by atoms with Gasteiger partial charge < -0.3 is 10.8 Å². The van der Waals surface area contributed by atoms with E-state index in [1.165, 1.54) is 5.56 Å². The summed E-state index contributed by atoms with van der Waals surface area (Å²) in [6.07, 6.45) is 0.0985. The number of aryl methyl sites for hydroxylation is 3. The van der Waals surface area contributed by atoms with Crippen LogP contribution < -0.4 is 5.73 Å². The maximum atomic E-state index is 10.8. The molecular weight excluding hydrogens is 202 g/mol. The lowest BCUT2D eigenvalue weighted by molar-refractivity contribution is -0.137. The standard InChI is InChI=1S/C13H19NO2/c1-8-4-9(2)13(10(3)5-8)11(7-14)6-12(15)16/h4-5,11H,6-7,14H2,1-3H3,(H,15,16). The quantitative estimate of drug-likeness (QED) is 0.818. The Balaban J connectivity index is 3.14. The molecule has 16 heavy (non-hydrogen) atoms. The molecule has 0 aliphatic heterocycles. The maximum absolute atomic E-state index is 10.8. The SMILES string of the molecule is Cc1cc(C)c(C(CN)CC(=O)O)c(C)c1. The highest BCUT2D eigenvalue weighted by Crippen LogP contribution is 2.26. The molecule has 1 rings (SSSR count). The molecule has 0 spiro atoms. The first-order chi connectivity index (χ1) is 7.45. The van der Waals surface area contributed by atoms with Gasteiger partial charge in [-0.3, -0.25) is 4.79 Å². The smallest absolute Gasteiger partial charge is 0.304 e. The topological polar surface area (TPSA) is 63.3 Å². The number of carboxylic acids is 1. The Morgan fingerprint density at radius 1 is 1.31 bits per heavy atom. The Morgan fingerprint density at radius 3 is 2.19 bits per heavy atom. The molecule has 0 bridgehead atoms. The zero-order chi connectivity index (χ0) is 12.3. The molecule has 1 aromatic rings. The molecular formula is C13H19NO2. The molecule has 1 atom stereocenters. The largest absolute Gasteiger partial charge is 0.481 e. The van der Waals surface area contributed by atoms with Gasteiger partial charge in [-0.1, -0.05) is 17.7 Å². The normalized spacial score (nSPS) is 12.5. The Hall–Kier alpha value is -1.35. The minimum absolute atomic E-state index is 0.0851. The predicted molar refractivity (Wildman–Crippen MR) is 64.7 cm³/mol. The minimum atomic E-state index is -0.796. The van der Waals surface area contributed by atoms with E-state index in [0.29, 0.717) is 6.54 Å². The van der Waals surface area contributed by atoms with E-state index in [0.717, 1.165) is 16.7 Å². The van der Waals surface area contributed by atoms with Crippen LogP contribution in [0.2, 0.25) is 0 Å². The van der Waals surface area contributed by atoms with Crippen LogP contribution >= 0.6 is 0 Å². The minimum Gasteiger partial charge on any atom is -0.481 e. The van der Waals surface area contributed by atoms with Gasteiger partial charge in [0.25, 0.3) is 0 Å². The van der Waals surface area contributed by atoms with Gasteiger partial charge in [-0.15, -0.1) is 0 Å². The molecule has 88 valence electrons. The molecule has 3 heteroatoms. The molecule has 0 aliphatic rings. The van der Waals surface area contributed by atoms with Crippen molar-refractivity contribution < 1.29 is 9.90 Å². The summed E-state index contributed by atoms with van der Waals surface area (Å²) in [4.78, 5) is 10.8. The van der Waals surface area contributed by atoms with Gasteiger partial charge in [0.1, 0.15) is 0 Å². The van der Waals surface area contributed by atoms with Crippen LogP contribution in [0.1, 0.15) is 34.6 Å². The summed E-state index contributed by atoms with van der Waals surface area (Å²) in [7, 11) is 0. The number of hydrogen-bond donors (Lipinski definition) is 2. The zero-order valence-corrected chi connectivity index (χ0v) is 10.1. The molecule has 1 aromatic carbocycles. The highest BCUT2D eigenvalue weighted by Gasteiger charge is 2.18. The van der Waals surface area contributed by atoms with Crippen LogP contribution in [-0.2, 0) is 4.79 Å². The van der Waals surface area contributed by atoms with Gasteiger partial charge in [0.15, 0.2) is 0 Å². The fourth-order valence-corrected chi connectivity index (χ4v) is 2.35. The molecule has 0 fully saturated rings. The van der Waals surface area contributed by atoms with Crippen LogP contribution in [0.15, 0.2) is 12.1 Å². The van der Waals surface area contributed by atoms with Crippen molar-refractivity contribution in [1.29, 1.82) is 0 Å². The van der Waals surface area contributed by atoms with E-state index in [4.69, 9.17) is 10.8 Å². The van der Waals surface area contributed by atoms with Crippen LogP contribution in [0.4, 0.5) is 0 Å². The van der Waals surface area contributed by atoms with Gasteiger partial charge in [0, 0.05) is 5.92 Å². The van der Waals surface area contributed by atoms with Crippen molar-refractivity contribution in [3.8, 4) is 0 Å². The van der Waals surface area contributed by atoms with Crippen LogP contribution in [-0.4, -0.2) is 17.6 Å². The lowest BCUT2D eigenvalue weighted by Crippen LogP contribution is -2.18. The Labute approximate surface area is 96.3 Å². The number of hydrogen-bond acceptors (Lipinski definition) is 2. The molecule has 0 amide bonds. The highest BCUT2D eigenvalue weighted by molar-refractivity contribution is 5.68. The number of rotatable bonds is 4. The van der Waals surface area contributed by atoms with Crippen molar-refractivity contribution in [3.63, 3.8) is 0 Å². The highest BCUT2D eigenvalue weighted by atomic mass is 16.4.